The molecule has 136 valence electrons. The van der Waals surface area contributed by atoms with Gasteiger partial charge in [0.25, 0.3) is 11.8 Å². The van der Waals surface area contributed by atoms with E-state index in [1.54, 1.807) is 36.7 Å². The molecule has 7 nitrogen and oxygen atoms in total. The molecule has 0 radical (unpaired) electrons. The smallest absolute Gasteiger partial charge is 0.261 e. The number of aromatic nitrogens is 1. The number of hydrogen-bond acceptors (Lipinski definition) is 5. The third-order valence-electron chi connectivity index (χ3n) is 4.15. The number of nitrogens with one attached hydrogen (secondary N) is 1. The number of carbonyl (C=O) groups is 2. The largest absolute Gasteiger partial charge is 0.273 e. The van der Waals surface area contributed by atoms with E-state index in [1.807, 2.05) is 12.1 Å². The average molecular weight is 373 g/mol. The Kier molecular flexibility index (Phi) is 5.43. The van der Waals surface area contributed by atoms with Gasteiger partial charge >= 0.3 is 0 Å². The lowest BCUT2D eigenvalue weighted by Gasteiger charge is -2.14. The summed E-state index contributed by atoms with van der Waals surface area (Å²) in [5.74, 6) is -1.21. The molecule has 26 heavy (non-hydrogen) atoms. The molecule has 0 spiro atoms. The molecule has 1 aromatic carbocycles. The van der Waals surface area contributed by atoms with E-state index in [1.165, 1.54) is 0 Å². The number of sulfonamides is 1. The maximum absolute atomic E-state index is 12.2. The fourth-order valence-electron chi connectivity index (χ4n) is 2.79. The fourth-order valence-corrected chi connectivity index (χ4v) is 3.81. The number of carbonyl (C=O) groups excluding carboxylic acids is 2. The molecule has 0 bridgehead atoms. The van der Waals surface area contributed by atoms with Crippen LogP contribution in [0.25, 0.3) is 0 Å². The maximum Gasteiger partial charge on any atom is 0.261 e. The lowest BCUT2D eigenvalue weighted by molar-refractivity contribution is 0.0664. The highest BCUT2D eigenvalue weighted by Crippen LogP contribution is 2.22. The van der Waals surface area contributed by atoms with Crippen LogP contribution >= 0.6 is 0 Å². The highest BCUT2D eigenvalue weighted by Gasteiger charge is 2.35. The van der Waals surface area contributed by atoms with Gasteiger partial charge in [-0.1, -0.05) is 18.2 Å². The van der Waals surface area contributed by atoms with E-state index in [0.717, 1.165) is 16.9 Å². The Bertz CT molecular complexity index is 878. The molecule has 2 aromatic rings. The Morgan fingerprint density at radius 3 is 2.31 bits per heavy atom. The predicted molar refractivity (Wildman–Crippen MR) is 96.2 cm³/mol. The average Bonchev–Trinajstić information content (AvgIpc) is 2.89. The molecule has 0 fully saturated rings. The second-order valence-corrected chi connectivity index (χ2v) is 7.91. The molecule has 2 amide bonds. The van der Waals surface area contributed by atoms with E-state index in [9.17, 15) is 18.0 Å². The minimum Gasteiger partial charge on any atom is -0.273 e. The molecule has 0 aliphatic carbocycles. The van der Waals surface area contributed by atoms with Crippen LogP contribution in [-0.2, 0) is 16.4 Å². The van der Waals surface area contributed by atoms with Crippen LogP contribution in [0.15, 0.2) is 48.8 Å². The van der Waals surface area contributed by atoms with E-state index < -0.39 is 21.8 Å². The Morgan fingerprint density at radius 2 is 1.69 bits per heavy atom. The van der Waals surface area contributed by atoms with Crippen molar-refractivity contribution in [3.63, 3.8) is 0 Å². The van der Waals surface area contributed by atoms with Crippen LogP contribution in [0.2, 0.25) is 0 Å². The van der Waals surface area contributed by atoms with Crippen molar-refractivity contribution in [3.8, 4) is 0 Å². The zero-order valence-electron chi connectivity index (χ0n) is 14.1. The zero-order valence-corrected chi connectivity index (χ0v) is 14.9. The van der Waals surface area contributed by atoms with Gasteiger partial charge in [-0.25, -0.2) is 13.1 Å². The minimum absolute atomic E-state index is 0.162. The summed E-state index contributed by atoms with van der Waals surface area (Å²) in [4.78, 5) is 29.4. The highest BCUT2D eigenvalue weighted by molar-refractivity contribution is 7.89. The Labute approximate surface area is 152 Å². The molecule has 0 saturated carbocycles. The summed E-state index contributed by atoms with van der Waals surface area (Å²) in [6.45, 7) is 0.129. The molecule has 2 heterocycles. The van der Waals surface area contributed by atoms with Gasteiger partial charge in [0.2, 0.25) is 10.0 Å². The summed E-state index contributed by atoms with van der Waals surface area (Å²) in [6.07, 6.45) is 4.79. The van der Waals surface area contributed by atoms with Crippen LogP contribution in [0, 0.1) is 0 Å². The van der Waals surface area contributed by atoms with E-state index in [0.29, 0.717) is 24.1 Å². The number of amides is 2. The molecule has 0 unspecified atom stereocenters. The lowest BCUT2D eigenvalue weighted by Crippen LogP contribution is -2.38. The molecule has 3 rings (SSSR count). The van der Waals surface area contributed by atoms with Gasteiger partial charge in [0.15, 0.2) is 0 Å². The van der Waals surface area contributed by atoms with Crippen molar-refractivity contribution < 1.29 is 18.0 Å². The van der Waals surface area contributed by atoms with Gasteiger partial charge in [0.05, 0.1) is 16.9 Å². The number of benzene rings is 1. The molecular formula is C18H19N3O4S. The number of rotatable bonds is 8. The monoisotopic (exact) mass is 373 g/mol. The van der Waals surface area contributed by atoms with Crippen molar-refractivity contribution in [1.82, 2.24) is 14.6 Å². The van der Waals surface area contributed by atoms with Crippen LogP contribution in [-0.4, -0.2) is 49.0 Å². The van der Waals surface area contributed by atoms with Gasteiger partial charge in [0.1, 0.15) is 0 Å². The van der Waals surface area contributed by atoms with Gasteiger partial charge < -0.3 is 0 Å². The number of pyridine rings is 1. The Balaban J connectivity index is 1.48. The van der Waals surface area contributed by atoms with Crippen LogP contribution < -0.4 is 4.72 Å². The van der Waals surface area contributed by atoms with Gasteiger partial charge in [-0.2, -0.15) is 0 Å². The number of imide groups is 1. The molecule has 1 N–H and O–H groups in total. The quantitative estimate of drug-likeness (QED) is 0.555. The second-order valence-electron chi connectivity index (χ2n) is 5.99. The van der Waals surface area contributed by atoms with Crippen molar-refractivity contribution in [2.24, 2.45) is 0 Å². The highest BCUT2D eigenvalue weighted by atomic mass is 32.2. The maximum atomic E-state index is 12.2. The molecule has 0 saturated heterocycles. The summed E-state index contributed by atoms with van der Waals surface area (Å²) < 4.78 is 26.7. The summed E-state index contributed by atoms with van der Waals surface area (Å²) in [5, 5.41) is 0. The van der Waals surface area contributed by atoms with Gasteiger partial charge in [-0.3, -0.25) is 19.5 Å². The standard InChI is InChI=1S/C18H19N3O4S/c22-17-15-7-1-2-8-16(15)18(23)21(17)11-12-26(24,25)20-10-4-6-14-5-3-9-19-13-14/h1-3,5,7-9,13,20H,4,6,10-12H2. The lowest BCUT2D eigenvalue weighted by atomic mass is 10.1. The van der Waals surface area contributed by atoms with Crippen LogP contribution in [0.4, 0.5) is 0 Å². The Hall–Kier alpha value is -2.58. The van der Waals surface area contributed by atoms with Crippen molar-refractivity contribution in [3.05, 3.63) is 65.5 Å². The van der Waals surface area contributed by atoms with Crippen molar-refractivity contribution in [2.45, 2.75) is 12.8 Å². The van der Waals surface area contributed by atoms with Gasteiger partial charge in [-0.15, -0.1) is 0 Å². The van der Waals surface area contributed by atoms with E-state index in [-0.39, 0.29) is 12.3 Å². The fraction of sp³-hybridized carbons (Fsp3) is 0.278. The third kappa shape index (κ3) is 4.14. The van der Waals surface area contributed by atoms with Crippen LogP contribution in [0.5, 0.6) is 0 Å². The van der Waals surface area contributed by atoms with Crippen LogP contribution in [0.3, 0.4) is 0 Å². The summed E-state index contributed by atoms with van der Waals surface area (Å²) in [7, 11) is -3.57. The van der Waals surface area contributed by atoms with Gasteiger partial charge in [0, 0.05) is 25.5 Å². The number of aryl methyl sites for hydroxylation is 1. The first kappa shape index (κ1) is 18.2. The third-order valence-corrected chi connectivity index (χ3v) is 5.51. The topological polar surface area (TPSA) is 96.4 Å². The van der Waals surface area contributed by atoms with E-state index >= 15 is 0 Å². The summed E-state index contributed by atoms with van der Waals surface area (Å²) in [5.41, 5.74) is 1.68. The minimum atomic E-state index is -3.57. The zero-order chi connectivity index (χ0) is 18.6. The summed E-state index contributed by atoms with van der Waals surface area (Å²) in [6, 6.07) is 10.3. The van der Waals surface area contributed by atoms with E-state index in [4.69, 9.17) is 0 Å². The molecule has 1 aliphatic heterocycles. The predicted octanol–water partition coefficient (Wildman–Crippen LogP) is 1.23. The second kappa shape index (κ2) is 7.76. The number of hydrogen-bond donors (Lipinski definition) is 1. The molecule has 0 atom stereocenters. The van der Waals surface area contributed by atoms with E-state index in [2.05, 4.69) is 9.71 Å². The summed E-state index contributed by atoms with van der Waals surface area (Å²) >= 11 is 0. The molecule has 1 aliphatic rings. The first-order valence-electron chi connectivity index (χ1n) is 8.29. The van der Waals surface area contributed by atoms with Crippen LogP contribution in [0.1, 0.15) is 32.7 Å². The molecule has 1 aromatic heterocycles. The number of nitrogens with zero attached hydrogens (tertiary/aromatic N) is 2. The SMILES string of the molecule is O=C1c2ccccc2C(=O)N1CCS(=O)(=O)NCCCc1cccnc1. The molecular weight excluding hydrogens is 354 g/mol. The molecule has 8 heteroatoms. The normalized spacial score (nSPS) is 13.9. The van der Waals surface area contributed by atoms with Crippen molar-refractivity contribution in [2.75, 3.05) is 18.8 Å². The first-order valence-corrected chi connectivity index (χ1v) is 9.94. The van der Waals surface area contributed by atoms with Crippen molar-refractivity contribution >= 4 is 21.8 Å². The Morgan fingerprint density at radius 1 is 1.00 bits per heavy atom. The first-order chi connectivity index (χ1) is 12.5. The number of fused-ring (bicyclic) bond motifs is 1. The van der Waals surface area contributed by atoms with Gasteiger partial charge in [-0.05, 0) is 36.6 Å². The van der Waals surface area contributed by atoms with Crippen molar-refractivity contribution in [1.29, 1.82) is 0 Å².